The summed E-state index contributed by atoms with van der Waals surface area (Å²) in [6.07, 6.45) is 4.59. The van der Waals surface area contributed by atoms with E-state index in [0.717, 1.165) is 54.6 Å². The van der Waals surface area contributed by atoms with Gasteiger partial charge in [-0.25, -0.2) is 0 Å². The number of carbonyl (C=O) groups excluding carboxylic acids is 1. The standard InChI is InChI=1S/C16H22N4O2.ClH/c1-4-6-11-12(10(3)21)9(2)18-13(11)14-19-15(20-22-14)16(17)7-5-8-16;/h18H,4-8,17H2,1-3H3;1H. The van der Waals surface area contributed by atoms with Crippen LogP contribution >= 0.6 is 12.4 Å². The SMILES string of the molecule is CCCc1c(-c2nc(C3(N)CCC3)no2)[nH]c(C)c1C(C)=O.Cl. The number of carbonyl (C=O) groups is 1. The molecule has 2 heterocycles. The number of halogens is 1. The molecule has 1 aliphatic rings. The molecule has 1 fully saturated rings. The molecule has 0 saturated heterocycles. The van der Waals surface area contributed by atoms with E-state index >= 15 is 0 Å². The third-order valence-electron chi connectivity index (χ3n) is 4.47. The quantitative estimate of drug-likeness (QED) is 0.815. The van der Waals surface area contributed by atoms with Gasteiger partial charge in [0.25, 0.3) is 5.89 Å². The first kappa shape index (κ1) is 17.7. The highest BCUT2D eigenvalue weighted by Crippen LogP contribution is 2.38. The minimum Gasteiger partial charge on any atom is -0.354 e. The Hall–Kier alpha value is -1.66. The summed E-state index contributed by atoms with van der Waals surface area (Å²) in [5.74, 6) is 1.04. The van der Waals surface area contributed by atoms with E-state index in [2.05, 4.69) is 22.0 Å². The van der Waals surface area contributed by atoms with E-state index in [-0.39, 0.29) is 18.2 Å². The molecule has 2 aromatic heterocycles. The Bertz CT molecular complexity index is 716. The number of nitrogens with one attached hydrogen (secondary N) is 1. The monoisotopic (exact) mass is 338 g/mol. The van der Waals surface area contributed by atoms with Crippen LogP contribution in [0, 0.1) is 6.92 Å². The summed E-state index contributed by atoms with van der Waals surface area (Å²) in [5.41, 5.74) is 9.10. The van der Waals surface area contributed by atoms with Crippen LogP contribution in [-0.4, -0.2) is 20.9 Å². The lowest BCUT2D eigenvalue weighted by atomic mass is 9.77. The van der Waals surface area contributed by atoms with Gasteiger partial charge in [-0.2, -0.15) is 4.98 Å². The summed E-state index contributed by atoms with van der Waals surface area (Å²) < 4.78 is 5.42. The molecule has 0 unspecified atom stereocenters. The number of aromatic amines is 1. The second-order valence-electron chi connectivity index (χ2n) is 6.22. The van der Waals surface area contributed by atoms with Gasteiger partial charge >= 0.3 is 0 Å². The van der Waals surface area contributed by atoms with E-state index in [1.165, 1.54) is 0 Å². The first-order valence-electron chi connectivity index (χ1n) is 7.82. The van der Waals surface area contributed by atoms with Crippen molar-refractivity contribution in [2.45, 2.75) is 58.4 Å². The van der Waals surface area contributed by atoms with Crippen molar-refractivity contribution in [2.75, 3.05) is 0 Å². The van der Waals surface area contributed by atoms with E-state index in [4.69, 9.17) is 10.3 Å². The van der Waals surface area contributed by atoms with Crippen LogP contribution in [0.5, 0.6) is 0 Å². The highest BCUT2D eigenvalue weighted by Gasteiger charge is 2.39. The van der Waals surface area contributed by atoms with Crippen molar-refractivity contribution in [2.24, 2.45) is 5.73 Å². The highest BCUT2D eigenvalue weighted by molar-refractivity contribution is 5.98. The number of nitrogens with two attached hydrogens (primary N) is 1. The first-order chi connectivity index (χ1) is 10.5. The van der Waals surface area contributed by atoms with Gasteiger partial charge in [0.1, 0.15) is 5.69 Å². The fraction of sp³-hybridized carbons (Fsp3) is 0.562. The number of ketones is 1. The summed E-state index contributed by atoms with van der Waals surface area (Å²) in [6, 6.07) is 0. The van der Waals surface area contributed by atoms with Crippen LogP contribution in [0.4, 0.5) is 0 Å². The Kier molecular flexibility index (Phi) is 4.96. The van der Waals surface area contributed by atoms with Crippen LogP contribution < -0.4 is 5.73 Å². The van der Waals surface area contributed by atoms with Gasteiger partial charge in [0.15, 0.2) is 11.6 Å². The molecule has 0 atom stereocenters. The summed E-state index contributed by atoms with van der Waals surface area (Å²) in [7, 11) is 0. The average molecular weight is 339 g/mol. The maximum Gasteiger partial charge on any atom is 0.274 e. The Morgan fingerprint density at radius 1 is 1.43 bits per heavy atom. The van der Waals surface area contributed by atoms with Crippen LogP contribution in [0.1, 0.15) is 67.0 Å². The lowest BCUT2D eigenvalue weighted by Crippen LogP contribution is -2.44. The number of rotatable bonds is 5. The largest absolute Gasteiger partial charge is 0.354 e. The molecule has 23 heavy (non-hydrogen) atoms. The number of Topliss-reactive ketones (excluding diaryl/α,β-unsaturated/α-hetero) is 1. The summed E-state index contributed by atoms with van der Waals surface area (Å²) in [4.78, 5) is 19.6. The maximum absolute atomic E-state index is 11.9. The van der Waals surface area contributed by atoms with E-state index < -0.39 is 5.54 Å². The molecular weight excluding hydrogens is 316 g/mol. The lowest BCUT2D eigenvalue weighted by molar-refractivity contribution is 0.101. The molecule has 7 heteroatoms. The molecular formula is C16H23ClN4O2. The average Bonchev–Trinajstić information content (AvgIpc) is 3.01. The van der Waals surface area contributed by atoms with Gasteiger partial charge in [-0.3, -0.25) is 4.79 Å². The van der Waals surface area contributed by atoms with E-state index in [1.54, 1.807) is 6.92 Å². The van der Waals surface area contributed by atoms with Crippen molar-refractivity contribution >= 4 is 18.2 Å². The molecule has 0 radical (unpaired) electrons. The second-order valence-corrected chi connectivity index (χ2v) is 6.22. The number of hydrogen-bond donors (Lipinski definition) is 2. The Balaban J connectivity index is 0.00000192. The van der Waals surface area contributed by atoms with Crippen molar-refractivity contribution in [1.29, 1.82) is 0 Å². The normalized spacial score (nSPS) is 15.8. The minimum absolute atomic E-state index is 0. The first-order valence-corrected chi connectivity index (χ1v) is 7.82. The van der Waals surface area contributed by atoms with Crippen molar-refractivity contribution < 1.29 is 9.32 Å². The van der Waals surface area contributed by atoms with Crippen LogP contribution in [0.25, 0.3) is 11.6 Å². The van der Waals surface area contributed by atoms with Gasteiger partial charge < -0.3 is 15.2 Å². The summed E-state index contributed by atoms with van der Waals surface area (Å²) in [5, 5.41) is 4.06. The van der Waals surface area contributed by atoms with Gasteiger partial charge in [0, 0.05) is 11.3 Å². The Morgan fingerprint density at radius 3 is 2.65 bits per heavy atom. The molecule has 126 valence electrons. The second kappa shape index (κ2) is 6.45. The predicted octanol–water partition coefficient (Wildman–Crippen LogP) is 3.29. The molecule has 1 saturated carbocycles. The number of aromatic nitrogens is 3. The summed E-state index contributed by atoms with van der Waals surface area (Å²) in [6.45, 7) is 5.56. The third-order valence-corrected chi connectivity index (χ3v) is 4.47. The molecule has 6 nitrogen and oxygen atoms in total. The van der Waals surface area contributed by atoms with Gasteiger partial charge in [-0.1, -0.05) is 18.5 Å². The minimum atomic E-state index is -0.447. The molecule has 1 aliphatic carbocycles. The zero-order valence-electron chi connectivity index (χ0n) is 13.7. The van der Waals surface area contributed by atoms with Crippen molar-refractivity contribution in [1.82, 2.24) is 15.1 Å². The van der Waals surface area contributed by atoms with E-state index in [0.29, 0.717) is 11.7 Å². The predicted molar refractivity (Wildman–Crippen MR) is 89.8 cm³/mol. The lowest BCUT2D eigenvalue weighted by Gasteiger charge is -2.34. The third kappa shape index (κ3) is 2.93. The van der Waals surface area contributed by atoms with E-state index in [1.807, 2.05) is 6.92 Å². The fourth-order valence-electron chi connectivity index (χ4n) is 3.14. The molecule has 0 aromatic carbocycles. The summed E-state index contributed by atoms with van der Waals surface area (Å²) >= 11 is 0. The zero-order valence-corrected chi connectivity index (χ0v) is 14.5. The molecule has 2 aromatic rings. The number of nitrogens with zero attached hydrogens (tertiary/aromatic N) is 2. The van der Waals surface area contributed by atoms with Crippen molar-refractivity contribution in [3.8, 4) is 11.6 Å². The number of aryl methyl sites for hydroxylation is 1. The topological polar surface area (TPSA) is 97.8 Å². The Labute approximate surface area is 141 Å². The van der Waals surface area contributed by atoms with Crippen LogP contribution in [0.2, 0.25) is 0 Å². The number of H-pyrrole nitrogens is 1. The van der Waals surface area contributed by atoms with Crippen molar-refractivity contribution in [3.05, 3.63) is 22.6 Å². The van der Waals surface area contributed by atoms with Gasteiger partial charge in [-0.05, 0) is 45.1 Å². The molecule has 3 N–H and O–H groups in total. The molecule has 0 spiro atoms. The molecule has 3 rings (SSSR count). The zero-order chi connectivity index (χ0) is 15.9. The molecule has 0 bridgehead atoms. The maximum atomic E-state index is 11.9. The van der Waals surface area contributed by atoms with E-state index in [9.17, 15) is 4.79 Å². The Morgan fingerprint density at radius 2 is 2.13 bits per heavy atom. The molecule has 0 amide bonds. The van der Waals surface area contributed by atoms with Gasteiger partial charge in [0.05, 0.1) is 5.54 Å². The smallest absolute Gasteiger partial charge is 0.274 e. The van der Waals surface area contributed by atoms with Crippen LogP contribution in [0.15, 0.2) is 4.52 Å². The molecule has 0 aliphatic heterocycles. The highest BCUT2D eigenvalue weighted by atomic mass is 35.5. The van der Waals surface area contributed by atoms with Crippen LogP contribution in [0.3, 0.4) is 0 Å². The van der Waals surface area contributed by atoms with Crippen LogP contribution in [-0.2, 0) is 12.0 Å². The van der Waals surface area contributed by atoms with Gasteiger partial charge in [-0.15, -0.1) is 12.4 Å². The fourth-order valence-corrected chi connectivity index (χ4v) is 3.14. The number of hydrogen-bond acceptors (Lipinski definition) is 5. The van der Waals surface area contributed by atoms with Crippen molar-refractivity contribution in [3.63, 3.8) is 0 Å². The van der Waals surface area contributed by atoms with Gasteiger partial charge in [0.2, 0.25) is 0 Å².